The van der Waals surface area contributed by atoms with Crippen LogP contribution in [0.1, 0.15) is 25.3 Å². The van der Waals surface area contributed by atoms with Crippen molar-refractivity contribution in [2.75, 3.05) is 11.9 Å². The molecule has 0 aliphatic heterocycles. The lowest BCUT2D eigenvalue weighted by atomic mass is 10.2. The van der Waals surface area contributed by atoms with Gasteiger partial charge in [-0.25, -0.2) is 0 Å². The summed E-state index contributed by atoms with van der Waals surface area (Å²) in [6.45, 7) is 4.37. The summed E-state index contributed by atoms with van der Waals surface area (Å²) in [5, 5.41) is 5.88. The second-order valence-electron chi connectivity index (χ2n) is 4.60. The molecule has 0 bridgehead atoms. The average molecular weight is 263 g/mol. The Kier molecular flexibility index (Phi) is 6.02. The molecule has 0 aliphatic rings. The van der Waals surface area contributed by atoms with E-state index >= 15 is 0 Å². The number of hydrogen-bond acceptors (Lipinski definition) is 3. The second-order valence-corrected chi connectivity index (χ2v) is 4.60. The van der Waals surface area contributed by atoms with E-state index < -0.39 is 0 Å². The van der Waals surface area contributed by atoms with Crippen LogP contribution >= 0.6 is 0 Å². The van der Waals surface area contributed by atoms with Gasteiger partial charge in [0.15, 0.2) is 0 Å². The first-order chi connectivity index (χ1) is 8.99. The van der Waals surface area contributed by atoms with E-state index in [1.54, 1.807) is 6.92 Å². The second kappa shape index (κ2) is 7.53. The molecule has 1 atom stereocenters. The van der Waals surface area contributed by atoms with Crippen LogP contribution in [0.5, 0.6) is 0 Å². The monoisotopic (exact) mass is 263 g/mol. The van der Waals surface area contributed by atoms with E-state index in [4.69, 9.17) is 5.73 Å². The maximum absolute atomic E-state index is 11.9. The molecule has 0 aliphatic carbocycles. The van der Waals surface area contributed by atoms with Gasteiger partial charge in [-0.15, -0.1) is 0 Å². The Bertz CT molecular complexity index is 429. The van der Waals surface area contributed by atoms with Gasteiger partial charge in [-0.05, 0) is 38.9 Å². The summed E-state index contributed by atoms with van der Waals surface area (Å²) in [5.74, 6) is -0.415. The van der Waals surface area contributed by atoms with Crippen molar-refractivity contribution in [3.63, 3.8) is 0 Å². The van der Waals surface area contributed by atoms with Gasteiger partial charge >= 0.3 is 0 Å². The quantitative estimate of drug-likeness (QED) is 0.646. The van der Waals surface area contributed by atoms with Crippen molar-refractivity contribution in [2.24, 2.45) is 5.73 Å². The van der Waals surface area contributed by atoms with Crippen molar-refractivity contribution < 1.29 is 9.59 Å². The summed E-state index contributed by atoms with van der Waals surface area (Å²) in [7, 11) is 0. The molecule has 19 heavy (non-hydrogen) atoms. The van der Waals surface area contributed by atoms with Gasteiger partial charge in [0.05, 0.1) is 6.04 Å². The Hall–Kier alpha value is -1.88. The summed E-state index contributed by atoms with van der Waals surface area (Å²) >= 11 is 0. The smallest absolute Gasteiger partial charge is 0.241 e. The van der Waals surface area contributed by atoms with Crippen LogP contribution in [0.15, 0.2) is 24.3 Å². The fourth-order valence-corrected chi connectivity index (χ4v) is 1.56. The van der Waals surface area contributed by atoms with Crippen LogP contribution in [0.2, 0.25) is 0 Å². The molecule has 0 heterocycles. The van der Waals surface area contributed by atoms with E-state index in [2.05, 4.69) is 10.6 Å². The Balaban J connectivity index is 2.32. The maximum Gasteiger partial charge on any atom is 0.241 e. The van der Waals surface area contributed by atoms with Gasteiger partial charge in [-0.3, -0.25) is 9.59 Å². The summed E-state index contributed by atoms with van der Waals surface area (Å²) < 4.78 is 0. The van der Waals surface area contributed by atoms with Crippen LogP contribution in [0.3, 0.4) is 0 Å². The highest BCUT2D eigenvalue weighted by molar-refractivity contribution is 5.94. The van der Waals surface area contributed by atoms with Gasteiger partial charge < -0.3 is 16.4 Å². The average Bonchev–Trinajstić information content (AvgIpc) is 2.36. The summed E-state index contributed by atoms with van der Waals surface area (Å²) in [4.78, 5) is 22.4. The highest BCUT2D eigenvalue weighted by Crippen LogP contribution is 2.08. The Morgan fingerprint density at radius 1 is 1.26 bits per heavy atom. The third-order valence-corrected chi connectivity index (χ3v) is 2.76. The Morgan fingerprint density at radius 2 is 1.89 bits per heavy atom. The molecule has 4 N–H and O–H groups in total. The third kappa shape index (κ3) is 6.01. The first kappa shape index (κ1) is 15.2. The lowest BCUT2D eigenvalue weighted by molar-refractivity contribution is -0.118. The molecule has 2 amide bonds. The lowest BCUT2D eigenvalue weighted by Crippen LogP contribution is -2.38. The number of rotatable bonds is 7. The lowest BCUT2D eigenvalue weighted by Gasteiger charge is -2.13. The number of hydrogen-bond donors (Lipinski definition) is 3. The SMILES string of the molecule is Cc1ccc(NC(=O)C(C)NCCCC(N)=O)cc1. The largest absolute Gasteiger partial charge is 0.370 e. The Morgan fingerprint density at radius 3 is 2.47 bits per heavy atom. The number of primary amides is 1. The van der Waals surface area contributed by atoms with E-state index in [-0.39, 0.29) is 17.9 Å². The van der Waals surface area contributed by atoms with Gasteiger partial charge in [0.2, 0.25) is 11.8 Å². The molecule has 1 rings (SSSR count). The van der Waals surface area contributed by atoms with E-state index in [1.807, 2.05) is 31.2 Å². The van der Waals surface area contributed by atoms with Gasteiger partial charge in [-0.2, -0.15) is 0 Å². The normalized spacial score (nSPS) is 11.9. The molecule has 104 valence electrons. The van der Waals surface area contributed by atoms with Crippen LogP contribution in [0.4, 0.5) is 5.69 Å². The number of nitrogens with one attached hydrogen (secondary N) is 2. The number of amides is 2. The van der Waals surface area contributed by atoms with Crippen molar-refractivity contribution in [2.45, 2.75) is 32.7 Å². The minimum Gasteiger partial charge on any atom is -0.370 e. The number of carbonyl (C=O) groups is 2. The fraction of sp³-hybridized carbons (Fsp3) is 0.429. The van der Waals surface area contributed by atoms with Crippen LogP contribution in [-0.2, 0) is 9.59 Å². The van der Waals surface area contributed by atoms with Gasteiger partial charge in [-0.1, -0.05) is 17.7 Å². The topological polar surface area (TPSA) is 84.2 Å². The van der Waals surface area contributed by atoms with E-state index in [0.29, 0.717) is 19.4 Å². The fourth-order valence-electron chi connectivity index (χ4n) is 1.56. The van der Waals surface area contributed by atoms with Crippen molar-refractivity contribution in [3.8, 4) is 0 Å². The molecular weight excluding hydrogens is 242 g/mol. The maximum atomic E-state index is 11.9. The van der Waals surface area contributed by atoms with Crippen LogP contribution < -0.4 is 16.4 Å². The molecule has 1 aromatic carbocycles. The van der Waals surface area contributed by atoms with E-state index in [0.717, 1.165) is 11.3 Å². The zero-order valence-corrected chi connectivity index (χ0v) is 11.4. The summed E-state index contributed by atoms with van der Waals surface area (Å²) in [6, 6.07) is 7.32. The molecule has 5 heteroatoms. The molecule has 1 aromatic rings. The summed E-state index contributed by atoms with van der Waals surface area (Å²) in [5.41, 5.74) is 6.97. The number of aryl methyl sites for hydroxylation is 1. The number of carbonyl (C=O) groups excluding carboxylic acids is 2. The third-order valence-electron chi connectivity index (χ3n) is 2.76. The van der Waals surface area contributed by atoms with Crippen molar-refractivity contribution in [3.05, 3.63) is 29.8 Å². The molecule has 0 aromatic heterocycles. The highest BCUT2D eigenvalue weighted by Gasteiger charge is 2.11. The number of nitrogens with two attached hydrogens (primary N) is 1. The molecule has 0 spiro atoms. The van der Waals surface area contributed by atoms with Gasteiger partial charge in [0.25, 0.3) is 0 Å². The zero-order valence-electron chi connectivity index (χ0n) is 11.4. The molecule has 1 unspecified atom stereocenters. The molecule has 0 saturated heterocycles. The van der Waals surface area contributed by atoms with Crippen molar-refractivity contribution in [1.29, 1.82) is 0 Å². The molecule has 0 fully saturated rings. The molecule has 5 nitrogen and oxygen atoms in total. The number of anilines is 1. The van der Waals surface area contributed by atoms with Gasteiger partial charge in [0, 0.05) is 12.1 Å². The first-order valence-corrected chi connectivity index (χ1v) is 6.38. The zero-order chi connectivity index (χ0) is 14.3. The molecule has 0 saturated carbocycles. The minimum atomic E-state index is -0.321. The predicted molar refractivity (Wildman–Crippen MR) is 75.7 cm³/mol. The van der Waals surface area contributed by atoms with E-state index in [1.165, 1.54) is 0 Å². The first-order valence-electron chi connectivity index (χ1n) is 6.38. The predicted octanol–water partition coefficient (Wildman–Crippen LogP) is 1.18. The van der Waals surface area contributed by atoms with Gasteiger partial charge in [0.1, 0.15) is 0 Å². The standard InChI is InChI=1S/C14H21N3O2/c1-10-5-7-12(8-6-10)17-14(19)11(2)16-9-3-4-13(15)18/h5-8,11,16H,3-4,9H2,1-2H3,(H2,15,18)(H,17,19). The van der Waals surface area contributed by atoms with Crippen LogP contribution in [-0.4, -0.2) is 24.4 Å². The van der Waals surface area contributed by atoms with Crippen LogP contribution in [0, 0.1) is 6.92 Å². The van der Waals surface area contributed by atoms with E-state index in [9.17, 15) is 9.59 Å². The van der Waals surface area contributed by atoms with Crippen molar-refractivity contribution in [1.82, 2.24) is 5.32 Å². The minimum absolute atomic E-state index is 0.0945. The van der Waals surface area contributed by atoms with Crippen molar-refractivity contribution >= 4 is 17.5 Å². The Labute approximate surface area is 113 Å². The summed E-state index contributed by atoms with van der Waals surface area (Å²) in [6.07, 6.45) is 0.969. The molecular formula is C14H21N3O2. The highest BCUT2D eigenvalue weighted by atomic mass is 16.2. The van der Waals surface area contributed by atoms with Crippen LogP contribution in [0.25, 0.3) is 0 Å². The molecule has 0 radical (unpaired) electrons. The number of benzene rings is 1.